The minimum atomic E-state index is -4.41. The molecule has 1 aromatic carbocycles. The van der Waals surface area contributed by atoms with Crippen molar-refractivity contribution >= 4 is 15.9 Å². The first kappa shape index (κ1) is 13.4. The van der Waals surface area contributed by atoms with Gasteiger partial charge in [-0.1, -0.05) is 15.9 Å². The Bertz CT molecular complexity index is 344. The van der Waals surface area contributed by atoms with E-state index in [-0.39, 0.29) is 6.42 Å². The van der Waals surface area contributed by atoms with E-state index < -0.39 is 24.5 Å². The van der Waals surface area contributed by atoms with E-state index in [1.54, 1.807) is 0 Å². The molecule has 1 rings (SSSR count). The molecule has 90 valence electrons. The molecule has 1 unspecified atom stereocenters. The summed E-state index contributed by atoms with van der Waals surface area (Å²) in [5.74, 6) is -0.552. The molecule has 0 aromatic heterocycles. The fraction of sp³-hybridized carbons (Fsp3) is 0.400. The van der Waals surface area contributed by atoms with E-state index in [0.29, 0.717) is 10.0 Å². The van der Waals surface area contributed by atoms with Crippen molar-refractivity contribution in [2.24, 2.45) is 0 Å². The minimum Gasteiger partial charge on any atom is -0.392 e. The van der Waals surface area contributed by atoms with Gasteiger partial charge >= 0.3 is 6.18 Å². The molecule has 1 N–H and O–H groups in total. The highest BCUT2D eigenvalue weighted by atomic mass is 79.9. The van der Waals surface area contributed by atoms with Gasteiger partial charge in [-0.3, -0.25) is 0 Å². The van der Waals surface area contributed by atoms with Crippen LogP contribution in [0.15, 0.2) is 22.7 Å². The molecule has 0 saturated carbocycles. The summed E-state index contributed by atoms with van der Waals surface area (Å²) < 4.78 is 49.1. The van der Waals surface area contributed by atoms with Gasteiger partial charge in [-0.2, -0.15) is 13.2 Å². The Morgan fingerprint density at radius 2 is 1.88 bits per heavy atom. The van der Waals surface area contributed by atoms with Crippen molar-refractivity contribution in [2.45, 2.75) is 25.1 Å². The smallest absolute Gasteiger partial charge is 0.391 e. The molecule has 6 heteroatoms. The van der Waals surface area contributed by atoms with Crippen molar-refractivity contribution in [2.75, 3.05) is 0 Å². The fourth-order valence-corrected chi connectivity index (χ4v) is 1.85. The molecule has 1 aromatic rings. The number of rotatable bonds is 3. The van der Waals surface area contributed by atoms with Crippen LogP contribution < -0.4 is 0 Å². The van der Waals surface area contributed by atoms with Crippen molar-refractivity contribution in [1.82, 2.24) is 0 Å². The van der Waals surface area contributed by atoms with E-state index in [0.717, 1.165) is 6.07 Å². The quantitative estimate of drug-likeness (QED) is 0.848. The molecule has 0 amide bonds. The zero-order valence-electron chi connectivity index (χ0n) is 8.06. The zero-order chi connectivity index (χ0) is 12.3. The highest BCUT2D eigenvalue weighted by Gasteiger charge is 2.31. The van der Waals surface area contributed by atoms with E-state index in [4.69, 9.17) is 5.11 Å². The van der Waals surface area contributed by atoms with Crippen LogP contribution in [-0.2, 0) is 6.42 Å². The summed E-state index contributed by atoms with van der Waals surface area (Å²) in [6.07, 6.45) is -7.48. The van der Waals surface area contributed by atoms with Crippen LogP contribution in [0.2, 0.25) is 0 Å². The number of benzene rings is 1. The van der Waals surface area contributed by atoms with Crippen LogP contribution in [0.25, 0.3) is 0 Å². The van der Waals surface area contributed by atoms with E-state index in [1.807, 2.05) is 0 Å². The largest absolute Gasteiger partial charge is 0.392 e. The lowest BCUT2D eigenvalue weighted by Crippen LogP contribution is -2.21. The maximum absolute atomic E-state index is 12.9. The van der Waals surface area contributed by atoms with Crippen molar-refractivity contribution < 1.29 is 22.7 Å². The molecule has 0 fully saturated rings. The number of aliphatic hydroxyl groups excluding tert-OH is 1. The zero-order valence-corrected chi connectivity index (χ0v) is 9.65. The second kappa shape index (κ2) is 5.14. The van der Waals surface area contributed by atoms with Gasteiger partial charge in [-0.05, 0) is 30.2 Å². The summed E-state index contributed by atoms with van der Waals surface area (Å²) in [6, 6.07) is 3.77. The van der Waals surface area contributed by atoms with Gasteiger partial charge in [0.1, 0.15) is 5.82 Å². The molecule has 1 atom stereocenters. The predicted molar refractivity (Wildman–Crippen MR) is 54.5 cm³/mol. The molecule has 0 aliphatic carbocycles. The van der Waals surface area contributed by atoms with Gasteiger partial charge in [0, 0.05) is 4.47 Å². The Labute approximate surface area is 98.2 Å². The Morgan fingerprint density at radius 1 is 1.25 bits per heavy atom. The summed E-state index contributed by atoms with van der Waals surface area (Å²) in [5, 5.41) is 9.16. The maximum atomic E-state index is 12.9. The predicted octanol–water partition coefficient (Wildman–Crippen LogP) is 3.44. The number of halogens is 5. The Morgan fingerprint density at radius 3 is 2.38 bits per heavy atom. The third-order valence-electron chi connectivity index (χ3n) is 1.86. The van der Waals surface area contributed by atoms with E-state index in [9.17, 15) is 17.6 Å². The van der Waals surface area contributed by atoms with Gasteiger partial charge in [0.25, 0.3) is 0 Å². The van der Waals surface area contributed by atoms with Gasteiger partial charge in [0.15, 0.2) is 0 Å². The summed E-state index contributed by atoms with van der Waals surface area (Å²) >= 11 is 3.02. The number of hydrogen-bond donors (Lipinski definition) is 1. The molecule has 0 radical (unpaired) electrons. The molecular weight excluding hydrogens is 292 g/mol. The summed E-state index contributed by atoms with van der Waals surface area (Å²) in [6.45, 7) is 0. The second-order valence-electron chi connectivity index (χ2n) is 3.45. The molecular formula is C10H9BrF4O. The lowest BCUT2D eigenvalue weighted by Gasteiger charge is -2.13. The van der Waals surface area contributed by atoms with E-state index in [2.05, 4.69) is 15.9 Å². The third-order valence-corrected chi connectivity index (χ3v) is 2.32. The Hall–Kier alpha value is -0.620. The normalized spacial score (nSPS) is 13.9. The molecule has 0 spiro atoms. The first-order valence-corrected chi connectivity index (χ1v) is 5.25. The van der Waals surface area contributed by atoms with Crippen LogP contribution in [0.3, 0.4) is 0 Å². The molecule has 0 aliphatic rings. The Balaban J connectivity index is 2.66. The highest BCUT2D eigenvalue weighted by Crippen LogP contribution is 2.24. The fourth-order valence-electron chi connectivity index (χ4n) is 1.34. The minimum absolute atomic E-state index is 0.226. The van der Waals surface area contributed by atoms with Gasteiger partial charge < -0.3 is 5.11 Å². The lowest BCUT2D eigenvalue weighted by molar-refractivity contribution is -0.153. The molecule has 0 bridgehead atoms. The van der Waals surface area contributed by atoms with Crippen LogP contribution in [0.1, 0.15) is 12.0 Å². The average molecular weight is 301 g/mol. The summed E-state index contributed by atoms with van der Waals surface area (Å²) in [5.41, 5.74) is 0.323. The third kappa shape index (κ3) is 4.94. The SMILES string of the molecule is OC(Cc1cc(F)cc(Br)c1)CC(F)(F)F. The molecule has 0 heterocycles. The lowest BCUT2D eigenvalue weighted by atomic mass is 10.1. The number of alkyl halides is 3. The topological polar surface area (TPSA) is 20.2 Å². The first-order chi connectivity index (χ1) is 7.26. The standard InChI is InChI=1S/C10H9BrF4O/c11-7-1-6(2-8(12)4-7)3-9(16)5-10(13,14)15/h1-2,4,9,16H,3,5H2. The monoisotopic (exact) mass is 300 g/mol. The van der Waals surface area contributed by atoms with Gasteiger partial charge in [-0.15, -0.1) is 0 Å². The van der Waals surface area contributed by atoms with Crippen LogP contribution in [0.5, 0.6) is 0 Å². The number of aliphatic hydroxyl groups is 1. The van der Waals surface area contributed by atoms with E-state index >= 15 is 0 Å². The van der Waals surface area contributed by atoms with E-state index in [1.165, 1.54) is 12.1 Å². The summed E-state index contributed by atoms with van der Waals surface area (Å²) in [4.78, 5) is 0. The maximum Gasteiger partial charge on any atom is 0.391 e. The van der Waals surface area contributed by atoms with Gasteiger partial charge in [0.2, 0.25) is 0 Å². The molecule has 1 nitrogen and oxygen atoms in total. The molecule has 0 saturated heterocycles. The van der Waals surface area contributed by atoms with Crippen LogP contribution >= 0.6 is 15.9 Å². The molecule has 0 aliphatic heterocycles. The second-order valence-corrected chi connectivity index (χ2v) is 4.37. The average Bonchev–Trinajstić information content (AvgIpc) is 1.96. The van der Waals surface area contributed by atoms with Crippen molar-refractivity contribution in [3.05, 3.63) is 34.1 Å². The van der Waals surface area contributed by atoms with Crippen molar-refractivity contribution in [3.63, 3.8) is 0 Å². The molecule has 16 heavy (non-hydrogen) atoms. The van der Waals surface area contributed by atoms with Gasteiger partial charge in [-0.25, -0.2) is 4.39 Å². The first-order valence-electron chi connectivity index (χ1n) is 4.46. The summed E-state index contributed by atoms with van der Waals surface area (Å²) in [7, 11) is 0. The van der Waals surface area contributed by atoms with Crippen LogP contribution in [0, 0.1) is 5.82 Å². The van der Waals surface area contributed by atoms with Crippen LogP contribution in [-0.4, -0.2) is 17.4 Å². The van der Waals surface area contributed by atoms with Crippen molar-refractivity contribution in [1.29, 1.82) is 0 Å². The van der Waals surface area contributed by atoms with Gasteiger partial charge in [0.05, 0.1) is 12.5 Å². The van der Waals surface area contributed by atoms with Crippen molar-refractivity contribution in [3.8, 4) is 0 Å². The van der Waals surface area contributed by atoms with Crippen LogP contribution in [0.4, 0.5) is 17.6 Å². The Kier molecular flexibility index (Phi) is 4.32. The number of hydrogen-bond acceptors (Lipinski definition) is 1. The highest BCUT2D eigenvalue weighted by molar-refractivity contribution is 9.10.